The summed E-state index contributed by atoms with van der Waals surface area (Å²) in [6.45, 7) is 5.82. The summed E-state index contributed by atoms with van der Waals surface area (Å²) in [5.41, 5.74) is -0.0836. The van der Waals surface area contributed by atoms with Crippen LogP contribution in [0.3, 0.4) is 0 Å². The van der Waals surface area contributed by atoms with Gasteiger partial charge in [0.25, 0.3) is 0 Å². The number of allylic oxidation sites excluding steroid dienone is 1. The number of rotatable bonds is 0. The van der Waals surface area contributed by atoms with Gasteiger partial charge in [0.2, 0.25) is 0 Å². The molecule has 27 heavy (non-hydrogen) atoms. The second-order valence-corrected chi connectivity index (χ2v) is 10.2. The molecule has 7 atom stereocenters. The van der Waals surface area contributed by atoms with Crippen molar-refractivity contribution < 1.29 is 19.7 Å². The molecular formula is C23H32O4. The number of aliphatic hydroxyl groups is 2. The highest BCUT2D eigenvalue weighted by Crippen LogP contribution is 2.67. The summed E-state index contributed by atoms with van der Waals surface area (Å²) < 4.78 is 12.0. The highest BCUT2D eigenvalue weighted by molar-refractivity contribution is 5.30. The van der Waals surface area contributed by atoms with E-state index in [1.54, 1.807) is 0 Å². The Hall–Kier alpha value is -0.860. The van der Waals surface area contributed by atoms with E-state index in [9.17, 15) is 10.2 Å². The predicted octanol–water partition coefficient (Wildman–Crippen LogP) is 3.03. The van der Waals surface area contributed by atoms with E-state index in [4.69, 9.17) is 15.9 Å². The summed E-state index contributed by atoms with van der Waals surface area (Å²) in [6.07, 6.45) is 13.6. The number of hydrogen-bond donors (Lipinski definition) is 2. The maximum absolute atomic E-state index is 11.3. The second-order valence-electron chi connectivity index (χ2n) is 10.2. The molecule has 1 aliphatic heterocycles. The van der Waals surface area contributed by atoms with Crippen molar-refractivity contribution in [2.75, 3.05) is 13.2 Å². The van der Waals surface area contributed by atoms with E-state index in [1.807, 2.05) is 0 Å². The third-order valence-corrected chi connectivity index (χ3v) is 9.25. The molecule has 7 unspecified atom stereocenters. The Balaban J connectivity index is 1.51. The second kappa shape index (κ2) is 5.60. The first-order valence-electron chi connectivity index (χ1n) is 10.6. The van der Waals surface area contributed by atoms with E-state index in [2.05, 4.69) is 25.8 Å². The Bertz CT molecular complexity index is 716. The largest absolute Gasteiger partial charge is 0.393 e. The molecule has 1 saturated heterocycles. The minimum absolute atomic E-state index is 0.0128. The highest BCUT2D eigenvalue weighted by Gasteiger charge is 2.66. The molecule has 0 aromatic rings. The molecule has 2 N–H and O–H groups in total. The van der Waals surface area contributed by atoms with Crippen molar-refractivity contribution in [1.82, 2.24) is 0 Å². The molecule has 5 rings (SSSR count). The van der Waals surface area contributed by atoms with E-state index >= 15 is 0 Å². The lowest BCUT2D eigenvalue weighted by atomic mass is 9.46. The van der Waals surface area contributed by atoms with Gasteiger partial charge in [-0.2, -0.15) is 0 Å². The van der Waals surface area contributed by atoms with Gasteiger partial charge in [-0.15, -0.1) is 6.42 Å². The SMILES string of the molecule is C#CC1(O)CCC2C3CC=C4CC5(CCC4(C)C3C(O)CC21C)OCCO5. The number of fused-ring (bicyclic) bond motifs is 5. The Morgan fingerprint density at radius 2 is 1.93 bits per heavy atom. The van der Waals surface area contributed by atoms with Gasteiger partial charge in [0.05, 0.1) is 19.3 Å². The van der Waals surface area contributed by atoms with Crippen LogP contribution < -0.4 is 0 Å². The lowest BCUT2D eigenvalue weighted by Gasteiger charge is -2.60. The Morgan fingerprint density at radius 1 is 1.19 bits per heavy atom. The molecule has 0 aromatic heterocycles. The average molecular weight is 373 g/mol. The molecule has 5 aliphatic rings. The molecule has 4 fully saturated rings. The van der Waals surface area contributed by atoms with Crippen molar-refractivity contribution in [2.45, 2.75) is 76.3 Å². The maximum Gasteiger partial charge on any atom is 0.172 e. The fourth-order valence-electron chi connectivity index (χ4n) is 7.72. The van der Waals surface area contributed by atoms with Crippen LogP contribution in [0.5, 0.6) is 0 Å². The van der Waals surface area contributed by atoms with Gasteiger partial charge in [0, 0.05) is 18.3 Å². The van der Waals surface area contributed by atoms with Gasteiger partial charge in [-0.25, -0.2) is 0 Å². The van der Waals surface area contributed by atoms with Crippen molar-refractivity contribution in [3.05, 3.63) is 11.6 Å². The van der Waals surface area contributed by atoms with Crippen molar-refractivity contribution in [3.63, 3.8) is 0 Å². The molecule has 0 bridgehead atoms. The van der Waals surface area contributed by atoms with Crippen molar-refractivity contribution in [3.8, 4) is 12.3 Å². The number of ether oxygens (including phenoxy) is 2. The van der Waals surface area contributed by atoms with Gasteiger partial charge in [-0.05, 0) is 55.3 Å². The van der Waals surface area contributed by atoms with Gasteiger partial charge in [-0.1, -0.05) is 31.4 Å². The van der Waals surface area contributed by atoms with Crippen molar-refractivity contribution >= 4 is 0 Å². The van der Waals surface area contributed by atoms with Crippen molar-refractivity contribution in [2.24, 2.45) is 28.6 Å². The average Bonchev–Trinajstić information content (AvgIpc) is 3.19. The molecule has 0 radical (unpaired) electrons. The van der Waals surface area contributed by atoms with Crippen LogP contribution in [0.1, 0.15) is 58.8 Å². The number of aliphatic hydroxyl groups excluding tert-OH is 1. The van der Waals surface area contributed by atoms with Crippen LogP contribution in [0, 0.1) is 40.9 Å². The quantitative estimate of drug-likeness (QED) is 0.507. The van der Waals surface area contributed by atoms with Crippen LogP contribution in [-0.2, 0) is 9.47 Å². The normalized spacial score (nSPS) is 53.2. The van der Waals surface area contributed by atoms with Crippen LogP contribution in [0.4, 0.5) is 0 Å². The molecule has 0 aromatic carbocycles. The van der Waals surface area contributed by atoms with Crippen LogP contribution in [0.25, 0.3) is 0 Å². The molecule has 3 saturated carbocycles. The molecule has 1 heterocycles. The summed E-state index contributed by atoms with van der Waals surface area (Å²) in [4.78, 5) is 0. The zero-order chi connectivity index (χ0) is 19.1. The van der Waals surface area contributed by atoms with E-state index in [0.717, 1.165) is 32.1 Å². The minimum atomic E-state index is -1.09. The van der Waals surface area contributed by atoms with E-state index in [-0.39, 0.29) is 11.3 Å². The lowest BCUT2D eigenvalue weighted by molar-refractivity contribution is -0.197. The monoisotopic (exact) mass is 372 g/mol. The molecule has 0 amide bonds. The zero-order valence-electron chi connectivity index (χ0n) is 16.5. The van der Waals surface area contributed by atoms with Crippen LogP contribution >= 0.6 is 0 Å². The number of terminal acetylenes is 1. The summed E-state index contributed by atoms with van der Waals surface area (Å²) in [7, 11) is 0. The van der Waals surface area contributed by atoms with Gasteiger partial charge in [-0.3, -0.25) is 0 Å². The zero-order valence-corrected chi connectivity index (χ0v) is 16.5. The van der Waals surface area contributed by atoms with Gasteiger partial charge in [0.1, 0.15) is 5.60 Å². The molecular weight excluding hydrogens is 340 g/mol. The first-order valence-corrected chi connectivity index (χ1v) is 10.6. The fourth-order valence-corrected chi connectivity index (χ4v) is 7.72. The summed E-state index contributed by atoms with van der Waals surface area (Å²) in [6, 6.07) is 0. The summed E-state index contributed by atoms with van der Waals surface area (Å²) >= 11 is 0. The number of hydrogen-bond acceptors (Lipinski definition) is 4. The maximum atomic E-state index is 11.3. The molecule has 148 valence electrons. The Kier molecular flexibility index (Phi) is 3.77. The van der Waals surface area contributed by atoms with Crippen molar-refractivity contribution in [1.29, 1.82) is 0 Å². The third kappa shape index (κ3) is 2.20. The Labute approximate surface area is 162 Å². The fraction of sp³-hybridized carbons (Fsp3) is 0.826. The Morgan fingerprint density at radius 3 is 2.63 bits per heavy atom. The van der Waals surface area contributed by atoms with E-state index in [1.165, 1.54) is 5.57 Å². The highest BCUT2D eigenvalue weighted by atomic mass is 16.7. The van der Waals surface area contributed by atoms with E-state index in [0.29, 0.717) is 37.9 Å². The van der Waals surface area contributed by atoms with Crippen LogP contribution in [0.15, 0.2) is 11.6 Å². The minimum Gasteiger partial charge on any atom is -0.393 e. The standard InChI is InChI=1S/C23H32O4/c1-4-22(25)8-7-17-16-6-5-15-13-23(26-11-12-27-23)10-9-20(15,2)19(16)18(24)14-21(17,22)3/h1,5,16-19,24-25H,6-14H2,2-3H3. The van der Waals surface area contributed by atoms with Gasteiger partial charge in [0.15, 0.2) is 5.79 Å². The van der Waals surface area contributed by atoms with Gasteiger partial charge < -0.3 is 19.7 Å². The third-order valence-electron chi connectivity index (χ3n) is 9.25. The molecule has 4 nitrogen and oxygen atoms in total. The first kappa shape index (κ1) is 18.2. The molecule has 4 heteroatoms. The predicted molar refractivity (Wildman–Crippen MR) is 102 cm³/mol. The first-order chi connectivity index (χ1) is 12.8. The lowest BCUT2D eigenvalue weighted by Crippen LogP contribution is -2.60. The molecule has 4 aliphatic carbocycles. The smallest absolute Gasteiger partial charge is 0.172 e. The van der Waals surface area contributed by atoms with E-state index < -0.39 is 22.9 Å². The van der Waals surface area contributed by atoms with Crippen LogP contribution in [0.2, 0.25) is 0 Å². The summed E-state index contributed by atoms with van der Waals surface area (Å²) in [5, 5.41) is 22.4. The summed E-state index contributed by atoms with van der Waals surface area (Å²) in [5.74, 6) is 3.25. The topological polar surface area (TPSA) is 58.9 Å². The molecule has 1 spiro atoms. The van der Waals surface area contributed by atoms with Crippen LogP contribution in [-0.4, -0.2) is 40.9 Å². The van der Waals surface area contributed by atoms with Gasteiger partial charge >= 0.3 is 0 Å².